The Morgan fingerprint density at radius 1 is 1.36 bits per heavy atom. The minimum absolute atomic E-state index is 0.0840. The molecule has 0 radical (unpaired) electrons. The van der Waals surface area contributed by atoms with Crippen LogP contribution in [0.4, 0.5) is 0 Å². The van der Waals surface area contributed by atoms with Gasteiger partial charge < -0.3 is 14.4 Å². The summed E-state index contributed by atoms with van der Waals surface area (Å²) in [4.78, 5) is 18.5. The van der Waals surface area contributed by atoms with Gasteiger partial charge in [-0.3, -0.25) is 4.79 Å². The fourth-order valence-corrected chi connectivity index (χ4v) is 5.30. The van der Waals surface area contributed by atoms with Gasteiger partial charge in [0.05, 0.1) is 17.6 Å². The van der Waals surface area contributed by atoms with Crippen LogP contribution in [0.25, 0.3) is 0 Å². The molecule has 2 atom stereocenters. The van der Waals surface area contributed by atoms with Gasteiger partial charge in [0.25, 0.3) is 5.91 Å². The Balaban J connectivity index is 1.80. The smallest absolute Gasteiger partial charge is 0.291 e. The van der Waals surface area contributed by atoms with E-state index in [1.165, 1.54) is 4.31 Å². The minimum Gasteiger partial charge on any atom is -0.436 e. The van der Waals surface area contributed by atoms with Crippen molar-refractivity contribution < 1.29 is 22.7 Å². The lowest BCUT2D eigenvalue weighted by Gasteiger charge is -2.27. The molecule has 0 saturated carbocycles. The number of oxazole rings is 1. The molecule has 2 unspecified atom stereocenters. The van der Waals surface area contributed by atoms with E-state index < -0.39 is 20.7 Å². The van der Waals surface area contributed by atoms with E-state index >= 15 is 0 Å². The van der Waals surface area contributed by atoms with Gasteiger partial charge in [-0.25, -0.2) is 17.7 Å². The van der Waals surface area contributed by atoms with E-state index in [9.17, 15) is 18.3 Å². The lowest BCUT2D eigenvalue weighted by Crippen LogP contribution is -2.42. The van der Waals surface area contributed by atoms with Crippen molar-refractivity contribution in [2.45, 2.75) is 32.9 Å². The summed E-state index contributed by atoms with van der Waals surface area (Å²) in [5, 5.41) is 9.48. The highest BCUT2D eigenvalue weighted by molar-refractivity contribution is 7.89. The zero-order chi connectivity index (χ0) is 18.6. The molecule has 1 N–H and O–H groups in total. The number of amides is 1. The summed E-state index contributed by atoms with van der Waals surface area (Å²) in [6.07, 6.45) is 0. The summed E-state index contributed by atoms with van der Waals surface area (Å²) in [6, 6.07) is 0. The van der Waals surface area contributed by atoms with Gasteiger partial charge in [0.2, 0.25) is 15.8 Å². The van der Waals surface area contributed by atoms with Gasteiger partial charge in [-0.2, -0.15) is 0 Å². The van der Waals surface area contributed by atoms with Crippen LogP contribution in [0.3, 0.4) is 0 Å². The Morgan fingerprint density at radius 3 is 2.52 bits per heavy atom. The molecule has 140 valence electrons. The average molecular weight is 371 g/mol. The molecule has 1 aromatic rings. The maximum Gasteiger partial charge on any atom is 0.291 e. The van der Waals surface area contributed by atoms with Crippen LogP contribution in [0.2, 0.25) is 0 Å². The van der Waals surface area contributed by atoms with Gasteiger partial charge in [0.1, 0.15) is 0 Å². The van der Waals surface area contributed by atoms with Gasteiger partial charge >= 0.3 is 0 Å². The first kappa shape index (κ1) is 18.3. The molecule has 2 fully saturated rings. The number of aliphatic hydroxyl groups is 1. The monoisotopic (exact) mass is 371 g/mol. The first-order valence-corrected chi connectivity index (χ1v) is 9.94. The van der Waals surface area contributed by atoms with E-state index in [0.29, 0.717) is 31.2 Å². The number of hydrogen-bond acceptors (Lipinski definition) is 6. The topological polar surface area (TPSA) is 104 Å². The number of nitrogens with zero attached hydrogens (tertiary/aromatic N) is 3. The van der Waals surface area contributed by atoms with Gasteiger partial charge in [-0.15, -0.1) is 0 Å². The van der Waals surface area contributed by atoms with E-state index in [1.54, 1.807) is 32.6 Å². The molecule has 0 aliphatic carbocycles. The Bertz CT molecular complexity index is 788. The van der Waals surface area contributed by atoms with E-state index in [4.69, 9.17) is 4.42 Å². The lowest BCUT2D eigenvalue weighted by molar-refractivity contribution is 0.0704. The molecular weight excluding hydrogens is 346 g/mol. The molecule has 0 spiro atoms. The van der Waals surface area contributed by atoms with Gasteiger partial charge in [0, 0.05) is 44.4 Å². The second kappa shape index (κ2) is 6.07. The largest absolute Gasteiger partial charge is 0.436 e. The third-order valence-corrected chi connectivity index (χ3v) is 7.57. The Kier molecular flexibility index (Phi) is 4.45. The van der Waals surface area contributed by atoms with Crippen molar-refractivity contribution in [2.75, 3.05) is 32.8 Å². The van der Waals surface area contributed by atoms with Crippen LogP contribution in [-0.4, -0.2) is 71.7 Å². The number of likely N-dealkylation sites (tertiary alicyclic amines) is 1. The number of hydrogen-bond donors (Lipinski definition) is 1. The molecule has 2 aliphatic rings. The molecule has 2 aliphatic heterocycles. The summed E-state index contributed by atoms with van der Waals surface area (Å²) in [7, 11) is -3.37. The lowest BCUT2D eigenvalue weighted by atomic mass is 9.82. The number of rotatable bonds is 4. The maximum atomic E-state index is 12.7. The molecule has 9 heteroatoms. The third-order valence-electron chi connectivity index (χ3n) is 5.38. The van der Waals surface area contributed by atoms with Crippen LogP contribution < -0.4 is 0 Å². The molecule has 8 nitrogen and oxygen atoms in total. The predicted octanol–water partition coefficient (Wildman–Crippen LogP) is 0.396. The number of aliphatic hydroxyl groups excluding tert-OH is 1. The minimum atomic E-state index is -3.37. The van der Waals surface area contributed by atoms with Crippen LogP contribution in [0.1, 0.15) is 36.0 Å². The number of aryl methyl sites for hydroxylation is 2. The van der Waals surface area contributed by atoms with Crippen molar-refractivity contribution in [2.24, 2.45) is 11.3 Å². The molecule has 0 bridgehead atoms. The number of aromatic nitrogens is 1. The fourth-order valence-electron chi connectivity index (χ4n) is 3.87. The Hall–Kier alpha value is -1.45. The molecule has 2 saturated heterocycles. The molecular formula is C16H25N3O5S. The normalized spacial score (nSPS) is 27.3. The van der Waals surface area contributed by atoms with Gasteiger partial charge in [0.15, 0.2) is 5.89 Å². The second-order valence-electron chi connectivity index (χ2n) is 7.44. The van der Waals surface area contributed by atoms with Crippen molar-refractivity contribution in [1.82, 2.24) is 14.2 Å². The molecule has 1 aromatic heterocycles. The maximum absolute atomic E-state index is 12.7. The van der Waals surface area contributed by atoms with Gasteiger partial charge in [-0.05, 0) is 20.8 Å². The summed E-state index contributed by atoms with van der Waals surface area (Å²) in [5.41, 5.74) is -0.0674. The van der Waals surface area contributed by atoms with E-state index in [2.05, 4.69) is 4.98 Å². The summed E-state index contributed by atoms with van der Waals surface area (Å²) < 4.78 is 31.8. The highest BCUT2D eigenvalue weighted by atomic mass is 32.2. The Labute approximate surface area is 147 Å². The highest BCUT2D eigenvalue weighted by Gasteiger charge is 2.56. The van der Waals surface area contributed by atoms with Crippen molar-refractivity contribution >= 4 is 15.9 Å². The average Bonchev–Trinajstić information content (AvgIpc) is 3.16. The number of carbonyl (C=O) groups excluding carboxylic acids is 1. The van der Waals surface area contributed by atoms with Crippen molar-refractivity contribution in [1.29, 1.82) is 0 Å². The van der Waals surface area contributed by atoms with Crippen LogP contribution in [0.5, 0.6) is 0 Å². The first-order chi connectivity index (χ1) is 11.6. The highest BCUT2D eigenvalue weighted by Crippen LogP contribution is 2.44. The van der Waals surface area contributed by atoms with Crippen molar-refractivity contribution in [3.8, 4) is 0 Å². The Morgan fingerprint density at radius 2 is 2.04 bits per heavy atom. The molecule has 25 heavy (non-hydrogen) atoms. The van der Waals surface area contributed by atoms with E-state index in [-0.39, 0.29) is 30.7 Å². The molecule has 1 amide bonds. The summed E-state index contributed by atoms with van der Waals surface area (Å²) in [6.45, 7) is 7.86. The molecule has 3 heterocycles. The third kappa shape index (κ3) is 2.88. The predicted molar refractivity (Wildman–Crippen MR) is 90.5 cm³/mol. The fraction of sp³-hybridized carbons (Fsp3) is 0.750. The van der Waals surface area contributed by atoms with E-state index in [1.807, 2.05) is 0 Å². The SMILES string of the molecule is Cc1nc(C)c(C(=O)N2CC3CN(S(=O)(=O)C(C)C)CC3(CO)C2)o1. The standard InChI is InChI=1S/C16H25N3O5S/c1-10(2)25(22,23)19-6-13-5-18(7-16(13,8-19)9-20)15(21)14-11(3)17-12(4)24-14/h10,13,20H,5-9H2,1-4H3. The number of fused-ring (bicyclic) bond motifs is 1. The van der Waals surface area contributed by atoms with Crippen LogP contribution in [0.15, 0.2) is 4.42 Å². The van der Waals surface area contributed by atoms with Gasteiger partial charge in [-0.1, -0.05) is 0 Å². The van der Waals surface area contributed by atoms with Crippen LogP contribution in [-0.2, 0) is 10.0 Å². The number of sulfonamides is 1. The zero-order valence-corrected chi connectivity index (χ0v) is 15.8. The zero-order valence-electron chi connectivity index (χ0n) is 15.0. The number of carbonyl (C=O) groups is 1. The van der Waals surface area contributed by atoms with Crippen molar-refractivity contribution in [3.63, 3.8) is 0 Å². The summed E-state index contributed by atoms with van der Waals surface area (Å²) >= 11 is 0. The van der Waals surface area contributed by atoms with Crippen LogP contribution >= 0.6 is 0 Å². The molecule has 3 rings (SSSR count). The quantitative estimate of drug-likeness (QED) is 0.821. The first-order valence-electron chi connectivity index (χ1n) is 8.44. The second-order valence-corrected chi connectivity index (χ2v) is 9.93. The summed E-state index contributed by atoms with van der Waals surface area (Å²) in [5.74, 6) is 0.321. The van der Waals surface area contributed by atoms with Crippen LogP contribution in [0, 0.1) is 25.2 Å². The molecule has 0 aromatic carbocycles. The van der Waals surface area contributed by atoms with E-state index in [0.717, 1.165) is 0 Å². The van der Waals surface area contributed by atoms with Crippen molar-refractivity contribution in [3.05, 3.63) is 17.3 Å².